The molecule has 0 fully saturated rings. The highest BCUT2D eigenvalue weighted by Gasteiger charge is 2.23. The van der Waals surface area contributed by atoms with Crippen LogP contribution < -0.4 is 16.4 Å². The first-order valence-corrected chi connectivity index (χ1v) is 9.94. The molecule has 1 heterocycles. The summed E-state index contributed by atoms with van der Waals surface area (Å²) in [5.74, 6) is -0.706. The van der Waals surface area contributed by atoms with Crippen molar-refractivity contribution in [3.8, 4) is 0 Å². The van der Waals surface area contributed by atoms with Crippen LogP contribution in [0.25, 0.3) is 10.9 Å². The number of fused-ring (bicyclic) bond motifs is 1. The van der Waals surface area contributed by atoms with E-state index >= 15 is 0 Å². The molecule has 4 rings (SSSR count). The minimum atomic E-state index is -0.873. The molecule has 3 aromatic carbocycles. The van der Waals surface area contributed by atoms with E-state index in [0.717, 1.165) is 16.5 Å². The smallest absolute Gasteiger partial charge is 0.252 e. The molecule has 31 heavy (non-hydrogen) atoms. The lowest BCUT2D eigenvalue weighted by atomic mass is 10.0. The van der Waals surface area contributed by atoms with Gasteiger partial charge in [0.15, 0.2) is 0 Å². The van der Waals surface area contributed by atoms with Crippen molar-refractivity contribution >= 4 is 28.4 Å². The molecule has 0 aliphatic carbocycles. The molecule has 0 radical (unpaired) electrons. The number of pyridine rings is 1. The fourth-order valence-corrected chi connectivity index (χ4v) is 3.35. The van der Waals surface area contributed by atoms with Gasteiger partial charge in [0.25, 0.3) is 11.8 Å². The Labute approximate surface area is 180 Å². The summed E-state index contributed by atoms with van der Waals surface area (Å²) in [6.45, 7) is 0.332. The van der Waals surface area contributed by atoms with Gasteiger partial charge in [0.1, 0.15) is 6.04 Å². The van der Waals surface area contributed by atoms with Crippen molar-refractivity contribution in [2.24, 2.45) is 5.73 Å². The van der Waals surface area contributed by atoms with E-state index in [1.165, 1.54) is 0 Å². The molecule has 0 saturated carbocycles. The van der Waals surface area contributed by atoms with Crippen LogP contribution >= 0.6 is 0 Å². The highest BCUT2D eigenvalue weighted by Crippen LogP contribution is 2.20. The van der Waals surface area contributed by atoms with Gasteiger partial charge in [-0.15, -0.1) is 0 Å². The highest BCUT2D eigenvalue weighted by atomic mass is 16.2. The van der Waals surface area contributed by atoms with Crippen LogP contribution in [-0.4, -0.2) is 16.8 Å². The standard InChI is InChI=1S/C25H22N4O2/c26-15-17-7-6-11-20(13-17)24(30)29-23(18-8-2-1-3-9-18)25(31)28-21-14-19-10-4-5-12-22(19)27-16-21/h1-14,16,23H,15,26H2,(H,28,31)(H,29,30)/t23-/m1/s1. The van der Waals surface area contributed by atoms with E-state index in [-0.39, 0.29) is 11.8 Å². The van der Waals surface area contributed by atoms with E-state index in [4.69, 9.17) is 5.73 Å². The van der Waals surface area contributed by atoms with E-state index in [1.54, 1.807) is 36.5 Å². The first-order chi connectivity index (χ1) is 15.1. The van der Waals surface area contributed by atoms with Crippen LogP contribution in [-0.2, 0) is 11.3 Å². The van der Waals surface area contributed by atoms with Gasteiger partial charge in [0.05, 0.1) is 17.4 Å². The summed E-state index contributed by atoms with van der Waals surface area (Å²) in [5.41, 5.74) is 9.05. The van der Waals surface area contributed by atoms with Crippen molar-refractivity contribution in [1.82, 2.24) is 10.3 Å². The quantitative estimate of drug-likeness (QED) is 0.450. The third kappa shape index (κ3) is 4.76. The molecule has 6 heteroatoms. The zero-order valence-corrected chi connectivity index (χ0v) is 16.8. The van der Waals surface area contributed by atoms with E-state index < -0.39 is 6.04 Å². The summed E-state index contributed by atoms with van der Waals surface area (Å²) in [7, 11) is 0. The van der Waals surface area contributed by atoms with Crippen molar-refractivity contribution in [2.45, 2.75) is 12.6 Å². The van der Waals surface area contributed by atoms with Gasteiger partial charge in [-0.1, -0.05) is 60.7 Å². The normalized spacial score (nSPS) is 11.6. The maximum Gasteiger partial charge on any atom is 0.252 e. The van der Waals surface area contributed by atoms with Crippen LogP contribution in [0.4, 0.5) is 5.69 Å². The van der Waals surface area contributed by atoms with Crippen LogP contribution in [0.3, 0.4) is 0 Å². The lowest BCUT2D eigenvalue weighted by Gasteiger charge is -2.19. The van der Waals surface area contributed by atoms with Gasteiger partial charge in [0, 0.05) is 17.5 Å². The molecule has 1 atom stereocenters. The molecular formula is C25H22N4O2. The second-order valence-electron chi connectivity index (χ2n) is 7.13. The lowest BCUT2D eigenvalue weighted by Crippen LogP contribution is -2.37. The summed E-state index contributed by atoms with van der Waals surface area (Å²) < 4.78 is 0. The Morgan fingerprint density at radius 2 is 1.68 bits per heavy atom. The van der Waals surface area contributed by atoms with Crippen LogP contribution in [0.1, 0.15) is 27.5 Å². The van der Waals surface area contributed by atoms with Crippen LogP contribution in [0, 0.1) is 0 Å². The molecule has 0 unspecified atom stereocenters. The molecule has 0 spiro atoms. The highest BCUT2D eigenvalue weighted by molar-refractivity contribution is 6.02. The van der Waals surface area contributed by atoms with Gasteiger partial charge < -0.3 is 16.4 Å². The van der Waals surface area contributed by atoms with Gasteiger partial charge >= 0.3 is 0 Å². The molecular weight excluding hydrogens is 388 g/mol. The molecule has 4 aromatic rings. The van der Waals surface area contributed by atoms with Crippen molar-refractivity contribution in [3.05, 3.63) is 108 Å². The first kappa shape index (κ1) is 20.3. The molecule has 0 aliphatic rings. The number of aromatic nitrogens is 1. The molecule has 2 amide bonds. The van der Waals surface area contributed by atoms with Crippen molar-refractivity contribution in [1.29, 1.82) is 0 Å². The molecule has 0 bridgehead atoms. The Balaban J connectivity index is 1.59. The second-order valence-corrected chi connectivity index (χ2v) is 7.13. The first-order valence-electron chi connectivity index (χ1n) is 9.94. The predicted octanol–water partition coefficient (Wildman–Crippen LogP) is 3.80. The largest absolute Gasteiger partial charge is 0.336 e. The summed E-state index contributed by atoms with van der Waals surface area (Å²) in [6.07, 6.45) is 1.61. The van der Waals surface area contributed by atoms with E-state index in [9.17, 15) is 9.59 Å². The fraction of sp³-hybridized carbons (Fsp3) is 0.0800. The van der Waals surface area contributed by atoms with Crippen LogP contribution in [0.2, 0.25) is 0 Å². The third-order valence-corrected chi connectivity index (χ3v) is 4.95. The number of amides is 2. The molecule has 6 nitrogen and oxygen atoms in total. The van der Waals surface area contributed by atoms with Crippen molar-refractivity contribution in [3.63, 3.8) is 0 Å². The summed E-state index contributed by atoms with van der Waals surface area (Å²) in [5, 5.41) is 6.64. The number of rotatable bonds is 6. The molecule has 0 aliphatic heterocycles. The fourth-order valence-electron chi connectivity index (χ4n) is 3.35. The van der Waals surface area contributed by atoms with Gasteiger partial charge in [-0.25, -0.2) is 0 Å². The summed E-state index contributed by atoms with van der Waals surface area (Å²) in [4.78, 5) is 30.4. The van der Waals surface area contributed by atoms with Crippen molar-refractivity contribution in [2.75, 3.05) is 5.32 Å². The Bertz CT molecular complexity index is 1220. The van der Waals surface area contributed by atoms with Crippen LogP contribution in [0.5, 0.6) is 0 Å². The Kier molecular flexibility index (Phi) is 6.01. The molecule has 154 valence electrons. The number of anilines is 1. The third-order valence-electron chi connectivity index (χ3n) is 4.95. The number of benzene rings is 3. The number of nitrogens with zero attached hydrogens (tertiary/aromatic N) is 1. The number of para-hydroxylation sites is 1. The maximum atomic E-state index is 13.2. The van der Waals surface area contributed by atoms with Gasteiger partial charge in [-0.3, -0.25) is 14.6 Å². The monoisotopic (exact) mass is 410 g/mol. The SMILES string of the molecule is NCc1cccc(C(=O)N[C@@H](C(=O)Nc2cnc3ccccc3c2)c2ccccc2)c1. The number of hydrogen-bond acceptors (Lipinski definition) is 4. The average Bonchev–Trinajstić information content (AvgIpc) is 2.82. The summed E-state index contributed by atoms with van der Waals surface area (Å²) >= 11 is 0. The summed E-state index contributed by atoms with van der Waals surface area (Å²) in [6, 6.07) is 24.8. The van der Waals surface area contributed by atoms with Crippen LogP contribution in [0.15, 0.2) is 91.1 Å². The Hall–Kier alpha value is -4.03. The van der Waals surface area contributed by atoms with Crippen molar-refractivity contribution < 1.29 is 9.59 Å². The topological polar surface area (TPSA) is 97.1 Å². The van der Waals surface area contributed by atoms with E-state index in [1.807, 2.05) is 54.6 Å². The zero-order valence-electron chi connectivity index (χ0n) is 16.8. The van der Waals surface area contributed by atoms with E-state index in [2.05, 4.69) is 15.6 Å². The van der Waals surface area contributed by atoms with Gasteiger partial charge in [-0.05, 0) is 35.4 Å². The van der Waals surface area contributed by atoms with Gasteiger partial charge in [-0.2, -0.15) is 0 Å². The molecule has 1 aromatic heterocycles. The number of nitrogens with one attached hydrogen (secondary N) is 2. The number of nitrogens with two attached hydrogens (primary N) is 1. The van der Waals surface area contributed by atoms with E-state index in [0.29, 0.717) is 23.4 Å². The lowest BCUT2D eigenvalue weighted by molar-refractivity contribution is -0.118. The minimum absolute atomic E-state index is 0.332. The second kappa shape index (κ2) is 9.19. The number of carbonyl (C=O) groups excluding carboxylic acids is 2. The minimum Gasteiger partial charge on any atom is -0.336 e. The number of carbonyl (C=O) groups is 2. The molecule has 0 saturated heterocycles. The predicted molar refractivity (Wildman–Crippen MR) is 121 cm³/mol. The molecule has 4 N–H and O–H groups in total. The maximum absolute atomic E-state index is 13.2. The Morgan fingerprint density at radius 3 is 2.48 bits per heavy atom. The Morgan fingerprint density at radius 1 is 0.903 bits per heavy atom. The number of hydrogen-bond donors (Lipinski definition) is 3. The van der Waals surface area contributed by atoms with Gasteiger partial charge in [0.2, 0.25) is 0 Å². The average molecular weight is 410 g/mol. The zero-order chi connectivity index (χ0) is 21.6.